The van der Waals surface area contributed by atoms with Gasteiger partial charge in [-0.2, -0.15) is 0 Å². The molecule has 1 heterocycles. The van der Waals surface area contributed by atoms with Gasteiger partial charge in [-0.3, -0.25) is 0 Å². The third kappa shape index (κ3) is 5.05. The Morgan fingerprint density at radius 1 is 1.45 bits per heavy atom. The average molecular weight is 326 g/mol. The Morgan fingerprint density at radius 2 is 2.14 bits per heavy atom. The van der Waals surface area contributed by atoms with Crippen LogP contribution >= 0.6 is 11.6 Å². The van der Waals surface area contributed by atoms with Gasteiger partial charge in [-0.1, -0.05) is 11.6 Å². The van der Waals surface area contributed by atoms with E-state index in [1.807, 2.05) is 33.9 Å². The van der Waals surface area contributed by atoms with Crippen molar-refractivity contribution in [1.82, 2.24) is 10.3 Å². The van der Waals surface area contributed by atoms with Crippen LogP contribution in [0.1, 0.15) is 33.6 Å². The number of pyridine rings is 1. The van der Waals surface area contributed by atoms with E-state index in [0.29, 0.717) is 11.7 Å². The number of alkyl carbamates (subject to hydrolysis) is 1. The second-order valence-corrected chi connectivity index (χ2v) is 7.44. The molecule has 2 rings (SSSR count). The van der Waals surface area contributed by atoms with E-state index < -0.39 is 5.60 Å². The van der Waals surface area contributed by atoms with Gasteiger partial charge >= 0.3 is 6.09 Å². The molecule has 0 atom stereocenters. The van der Waals surface area contributed by atoms with Crippen molar-refractivity contribution < 1.29 is 9.53 Å². The first-order valence-electron chi connectivity index (χ1n) is 7.49. The van der Waals surface area contributed by atoms with Crippen LogP contribution in [0.15, 0.2) is 18.3 Å². The maximum absolute atomic E-state index is 11.8. The summed E-state index contributed by atoms with van der Waals surface area (Å²) in [6, 6.07) is 3.73. The van der Waals surface area contributed by atoms with E-state index in [0.717, 1.165) is 25.1 Å². The summed E-state index contributed by atoms with van der Waals surface area (Å²) in [7, 11) is 2.03. The largest absolute Gasteiger partial charge is 0.444 e. The van der Waals surface area contributed by atoms with Crippen LogP contribution in [-0.2, 0) is 4.74 Å². The highest BCUT2D eigenvalue weighted by atomic mass is 35.5. The molecule has 0 aromatic carbocycles. The predicted molar refractivity (Wildman–Crippen MR) is 88.4 cm³/mol. The molecular weight excluding hydrogens is 302 g/mol. The van der Waals surface area contributed by atoms with Gasteiger partial charge in [0.05, 0.1) is 11.9 Å². The summed E-state index contributed by atoms with van der Waals surface area (Å²) in [6.07, 6.45) is 3.62. The Kier molecular flexibility index (Phi) is 4.85. The predicted octanol–water partition coefficient (Wildman–Crippen LogP) is 3.48. The van der Waals surface area contributed by atoms with Crippen LogP contribution in [0.2, 0.25) is 5.15 Å². The van der Waals surface area contributed by atoms with E-state index in [4.69, 9.17) is 16.3 Å². The molecule has 122 valence electrons. The molecule has 1 aliphatic carbocycles. The van der Waals surface area contributed by atoms with Gasteiger partial charge in [-0.05, 0) is 45.7 Å². The third-order valence-corrected chi connectivity index (χ3v) is 3.91. The number of aromatic nitrogens is 1. The molecule has 0 radical (unpaired) electrons. The molecule has 1 aromatic rings. The Hall–Kier alpha value is -1.49. The van der Waals surface area contributed by atoms with Crippen LogP contribution in [0.25, 0.3) is 0 Å². The molecule has 0 aliphatic heterocycles. The van der Waals surface area contributed by atoms with Crippen LogP contribution < -0.4 is 10.2 Å². The van der Waals surface area contributed by atoms with Crippen molar-refractivity contribution in [1.29, 1.82) is 0 Å². The summed E-state index contributed by atoms with van der Waals surface area (Å²) in [5, 5.41) is 3.37. The highest BCUT2D eigenvalue weighted by Gasteiger charge is 2.44. The quantitative estimate of drug-likeness (QED) is 0.842. The summed E-state index contributed by atoms with van der Waals surface area (Å²) >= 11 is 5.81. The lowest BCUT2D eigenvalue weighted by Gasteiger charge is -2.26. The molecule has 1 saturated carbocycles. The number of nitrogens with zero attached hydrogens (tertiary/aromatic N) is 2. The Labute approximate surface area is 137 Å². The maximum atomic E-state index is 11.8. The lowest BCUT2D eigenvalue weighted by molar-refractivity contribution is 0.0517. The monoisotopic (exact) mass is 325 g/mol. The topological polar surface area (TPSA) is 54.5 Å². The summed E-state index contributed by atoms with van der Waals surface area (Å²) < 4.78 is 5.28. The average Bonchev–Trinajstić information content (AvgIpc) is 3.15. The lowest BCUT2D eigenvalue weighted by atomic mass is 10.1. The fourth-order valence-corrected chi connectivity index (χ4v) is 2.44. The molecule has 0 bridgehead atoms. The van der Waals surface area contributed by atoms with Crippen LogP contribution in [0.4, 0.5) is 10.5 Å². The fourth-order valence-electron chi connectivity index (χ4n) is 2.33. The molecule has 1 fully saturated rings. The number of anilines is 1. The molecular formula is C16H24ClN3O2. The first-order valence-corrected chi connectivity index (χ1v) is 7.87. The fraction of sp³-hybridized carbons (Fsp3) is 0.625. The van der Waals surface area contributed by atoms with E-state index in [1.165, 1.54) is 0 Å². The first kappa shape index (κ1) is 16.9. The van der Waals surface area contributed by atoms with Gasteiger partial charge in [-0.25, -0.2) is 9.78 Å². The number of carbonyl (C=O) groups is 1. The van der Waals surface area contributed by atoms with Gasteiger partial charge in [0.1, 0.15) is 10.8 Å². The van der Waals surface area contributed by atoms with Crippen molar-refractivity contribution in [2.24, 2.45) is 5.41 Å². The van der Waals surface area contributed by atoms with E-state index in [1.54, 1.807) is 12.3 Å². The summed E-state index contributed by atoms with van der Waals surface area (Å²) in [6.45, 7) is 7.09. The molecule has 0 spiro atoms. The molecule has 1 aromatic heterocycles. The Bertz CT molecular complexity index is 521. The molecule has 5 nitrogen and oxygen atoms in total. The van der Waals surface area contributed by atoms with Crippen molar-refractivity contribution in [3.8, 4) is 0 Å². The van der Waals surface area contributed by atoms with Crippen molar-refractivity contribution in [3.05, 3.63) is 23.5 Å². The highest BCUT2D eigenvalue weighted by Crippen LogP contribution is 2.46. The van der Waals surface area contributed by atoms with E-state index in [-0.39, 0.29) is 11.5 Å². The second-order valence-electron chi connectivity index (χ2n) is 7.05. The smallest absolute Gasteiger partial charge is 0.407 e. The molecule has 0 unspecified atom stereocenters. The zero-order valence-corrected chi connectivity index (χ0v) is 14.4. The zero-order valence-electron chi connectivity index (χ0n) is 13.6. The standard InChI is InChI=1S/C16H24ClN3O2/c1-15(2,3)22-14(21)19-10-16(7-8-16)11-20(4)12-5-6-13(17)18-9-12/h5-6,9H,7-8,10-11H2,1-4H3,(H,19,21). The van der Waals surface area contributed by atoms with E-state index in [2.05, 4.69) is 15.2 Å². The molecule has 0 saturated heterocycles. The van der Waals surface area contributed by atoms with Gasteiger partial charge in [0.15, 0.2) is 0 Å². The maximum Gasteiger partial charge on any atom is 0.407 e. The summed E-state index contributed by atoms with van der Waals surface area (Å²) in [5.41, 5.74) is 0.686. The Balaban J connectivity index is 1.84. The number of hydrogen-bond donors (Lipinski definition) is 1. The van der Waals surface area contributed by atoms with Crippen LogP contribution in [-0.4, -0.2) is 36.8 Å². The van der Waals surface area contributed by atoms with Gasteiger partial charge in [-0.15, -0.1) is 0 Å². The lowest BCUT2D eigenvalue weighted by Crippen LogP contribution is -2.39. The van der Waals surface area contributed by atoms with Crippen LogP contribution in [0.3, 0.4) is 0 Å². The summed E-state index contributed by atoms with van der Waals surface area (Å²) in [4.78, 5) is 18.0. The number of carbonyl (C=O) groups excluding carboxylic acids is 1. The van der Waals surface area contributed by atoms with Crippen molar-refractivity contribution in [2.45, 2.75) is 39.2 Å². The third-order valence-electron chi connectivity index (χ3n) is 3.69. The normalized spacial score (nSPS) is 16.0. The minimum atomic E-state index is -0.466. The first-order chi connectivity index (χ1) is 10.2. The van der Waals surface area contributed by atoms with Crippen molar-refractivity contribution in [3.63, 3.8) is 0 Å². The number of hydrogen-bond acceptors (Lipinski definition) is 4. The molecule has 1 N–H and O–H groups in total. The number of amides is 1. The van der Waals surface area contributed by atoms with Gasteiger partial charge in [0.25, 0.3) is 0 Å². The van der Waals surface area contributed by atoms with E-state index >= 15 is 0 Å². The number of halogens is 1. The molecule has 6 heteroatoms. The zero-order chi connectivity index (χ0) is 16.4. The van der Waals surface area contributed by atoms with Crippen molar-refractivity contribution in [2.75, 3.05) is 25.0 Å². The van der Waals surface area contributed by atoms with Crippen LogP contribution in [0.5, 0.6) is 0 Å². The van der Waals surface area contributed by atoms with E-state index in [9.17, 15) is 4.79 Å². The summed E-state index contributed by atoms with van der Waals surface area (Å²) in [5.74, 6) is 0. The SMILES string of the molecule is CN(CC1(CNC(=O)OC(C)(C)C)CC1)c1ccc(Cl)nc1. The minimum absolute atomic E-state index is 0.130. The van der Waals surface area contributed by atoms with Crippen LogP contribution in [0, 0.1) is 5.41 Å². The number of ether oxygens (including phenoxy) is 1. The molecule has 1 amide bonds. The molecule has 1 aliphatic rings. The number of rotatable bonds is 5. The highest BCUT2D eigenvalue weighted by molar-refractivity contribution is 6.29. The molecule has 22 heavy (non-hydrogen) atoms. The Morgan fingerprint density at radius 3 is 2.64 bits per heavy atom. The number of nitrogens with one attached hydrogen (secondary N) is 1. The van der Waals surface area contributed by atoms with Crippen molar-refractivity contribution >= 4 is 23.4 Å². The minimum Gasteiger partial charge on any atom is -0.444 e. The van der Waals surface area contributed by atoms with Gasteiger partial charge < -0.3 is 15.0 Å². The second kappa shape index (κ2) is 6.32. The van der Waals surface area contributed by atoms with Gasteiger partial charge in [0.2, 0.25) is 0 Å². The van der Waals surface area contributed by atoms with Gasteiger partial charge in [0, 0.05) is 25.6 Å².